The maximum absolute atomic E-state index is 12.6. The SMILES string of the molecule is CCN(CC)c1ccc(C(=O)OC(=O)c2ccccc2)c(O)c1N(CC)CC. The van der Waals surface area contributed by atoms with E-state index in [2.05, 4.69) is 4.90 Å². The lowest BCUT2D eigenvalue weighted by Gasteiger charge is -2.31. The molecule has 150 valence electrons. The van der Waals surface area contributed by atoms with E-state index in [0.29, 0.717) is 18.8 Å². The molecule has 0 saturated heterocycles. The molecule has 0 aliphatic rings. The van der Waals surface area contributed by atoms with E-state index in [1.54, 1.807) is 36.4 Å². The van der Waals surface area contributed by atoms with Gasteiger partial charge >= 0.3 is 11.9 Å². The lowest BCUT2D eigenvalue weighted by Crippen LogP contribution is -2.29. The lowest BCUT2D eigenvalue weighted by atomic mass is 10.1. The summed E-state index contributed by atoms with van der Waals surface area (Å²) in [7, 11) is 0. The van der Waals surface area contributed by atoms with E-state index in [1.807, 2.05) is 32.6 Å². The summed E-state index contributed by atoms with van der Waals surface area (Å²) in [6, 6.07) is 11.6. The van der Waals surface area contributed by atoms with Crippen molar-refractivity contribution in [2.24, 2.45) is 0 Å². The van der Waals surface area contributed by atoms with Crippen molar-refractivity contribution in [1.29, 1.82) is 0 Å². The quantitative estimate of drug-likeness (QED) is 0.546. The zero-order valence-electron chi connectivity index (χ0n) is 16.9. The first-order chi connectivity index (χ1) is 13.5. The van der Waals surface area contributed by atoms with Crippen LogP contribution in [0.4, 0.5) is 11.4 Å². The fourth-order valence-corrected chi connectivity index (χ4v) is 3.18. The molecule has 0 aromatic heterocycles. The third kappa shape index (κ3) is 4.44. The smallest absolute Gasteiger partial charge is 0.349 e. The van der Waals surface area contributed by atoms with Gasteiger partial charge in [-0.3, -0.25) is 0 Å². The number of nitrogens with zero attached hydrogens (tertiary/aromatic N) is 2. The van der Waals surface area contributed by atoms with Crippen LogP contribution in [-0.4, -0.2) is 43.2 Å². The summed E-state index contributed by atoms with van der Waals surface area (Å²) >= 11 is 0. The fraction of sp³-hybridized carbons (Fsp3) is 0.364. The topological polar surface area (TPSA) is 70.1 Å². The number of ether oxygens (including phenoxy) is 1. The molecule has 0 unspecified atom stereocenters. The second-order valence-electron chi connectivity index (χ2n) is 6.22. The predicted octanol–water partition coefficient (Wildman–Crippen LogP) is 4.08. The second kappa shape index (κ2) is 9.78. The Morgan fingerprint density at radius 3 is 1.93 bits per heavy atom. The van der Waals surface area contributed by atoms with E-state index < -0.39 is 11.9 Å². The van der Waals surface area contributed by atoms with Gasteiger partial charge in [0.05, 0.1) is 11.3 Å². The minimum atomic E-state index is -0.870. The highest BCUT2D eigenvalue weighted by atomic mass is 16.6. The number of aromatic hydroxyl groups is 1. The molecule has 2 aromatic rings. The van der Waals surface area contributed by atoms with Crippen molar-refractivity contribution >= 4 is 23.3 Å². The van der Waals surface area contributed by atoms with Crippen LogP contribution in [0.3, 0.4) is 0 Å². The predicted molar refractivity (Wildman–Crippen MR) is 111 cm³/mol. The van der Waals surface area contributed by atoms with Crippen LogP contribution in [-0.2, 0) is 4.74 Å². The van der Waals surface area contributed by atoms with Crippen molar-refractivity contribution in [3.8, 4) is 5.75 Å². The first-order valence-electron chi connectivity index (χ1n) is 9.65. The molecule has 0 bridgehead atoms. The lowest BCUT2D eigenvalue weighted by molar-refractivity contribution is 0.0396. The number of phenolic OH excluding ortho intramolecular Hbond substituents is 1. The number of carbonyl (C=O) groups excluding carboxylic acids is 2. The van der Waals surface area contributed by atoms with E-state index >= 15 is 0 Å². The number of benzene rings is 2. The van der Waals surface area contributed by atoms with Gasteiger partial charge in [0, 0.05) is 26.2 Å². The Morgan fingerprint density at radius 1 is 0.821 bits per heavy atom. The molecular weight excluding hydrogens is 356 g/mol. The molecule has 0 saturated carbocycles. The molecule has 2 aromatic carbocycles. The molecular formula is C22H28N2O4. The van der Waals surface area contributed by atoms with E-state index in [4.69, 9.17) is 4.74 Å². The maximum Gasteiger partial charge on any atom is 0.349 e. The zero-order valence-corrected chi connectivity index (χ0v) is 16.9. The molecule has 0 atom stereocenters. The average Bonchev–Trinajstić information content (AvgIpc) is 2.72. The summed E-state index contributed by atoms with van der Waals surface area (Å²) in [5.41, 5.74) is 1.67. The van der Waals surface area contributed by atoms with Crippen LogP contribution in [0.2, 0.25) is 0 Å². The Balaban J connectivity index is 2.43. The first-order valence-corrected chi connectivity index (χ1v) is 9.65. The van der Waals surface area contributed by atoms with Crippen molar-refractivity contribution in [2.45, 2.75) is 27.7 Å². The first kappa shape index (κ1) is 21.3. The summed E-state index contributed by atoms with van der Waals surface area (Å²) < 4.78 is 4.99. The third-order valence-electron chi connectivity index (χ3n) is 4.73. The van der Waals surface area contributed by atoms with Gasteiger partial charge in [0.15, 0.2) is 5.75 Å². The van der Waals surface area contributed by atoms with Gasteiger partial charge in [-0.2, -0.15) is 0 Å². The number of carbonyl (C=O) groups is 2. The van der Waals surface area contributed by atoms with Crippen LogP contribution in [0.25, 0.3) is 0 Å². The summed E-state index contributed by atoms with van der Waals surface area (Å²) in [6.07, 6.45) is 0. The molecule has 6 heteroatoms. The molecule has 0 fully saturated rings. The van der Waals surface area contributed by atoms with Crippen LogP contribution in [0, 0.1) is 0 Å². The second-order valence-corrected chi connectivity index (χ2v) is 6.22. The molecule has 0 aliphatic carbocycles. The largest absolute Gasteiger partial charge is 0.505 e. The minimum absolute atomic E-state index is 0.0258. The molecule has 0 heterocycles. The minimum Gasteiger partial charge on any atom is -0.505 e. The summed E-state index contributed by atoms with van der Waals surface area (Å²) in [6.45, 7) is 10.9. The fourth-order valence-electron chi connectivity index (χ4n) is 3.18. The monoisotopic (exact) mass is 384 g/mol. The Labute approximate surface area is 166 Å². The normalized spacial score (nSPS) is 10.4. The van der Waals surface area contributed by atoms with E-state index in [1.165, 1.54) is 6.07 Å². The van der Waals surface area contributed by atoms with Gasteiger partial charge in [-0.15, -0.1) is 0 Å². The van der Waals surface area contributed by atoms with Crippen LogP contribution in [0.15, 0.2) is 42.5 Å². The van der Waals surface area contributed by atoms with Gasteiger partial charge in [0.2, 0.25) is 0 Å². The van der Waals surface area contributed by atoms with Crippen molar-refractivity contribution in [2.75, 3.05) is 36.0 Å². The van der Waals surface area contributed by atoms with Crippen LogP contribution >= 0.6 is 0 Å². The van der Waals surface area contributed by atoms with Gasteiger partial charge < -0.3 is 19.6 Å². The van der Waals surface area contributed by atoms with Crippen LogP contribution < -0.4 is 9.80 Å². The summed E-state index contributed by atoms with van der Waals surface area (Å²) in [4.78, 5) is 28.9. The number of rotatable bonds is 8. The van der Waals surface area contributed by atoms with Crippen molar-refractivity contribution < 1.29 is 19.4 Å². The number of hydrogen-bond donors (Lipinski definition) is 1. The average molecular weight is 384 g/mol. The zero-order chi connectivity index (χ0) is 20.7. The standard InChI is InChI=1S/C22H28N2O4/c1-5-23(6-2)18-15-14-17(20(25)19(18)24(7-3)8-4)22(27)28-21(26)16-12-10-9-11-13-16/h9-15,25H,5-8H2,1-4H3. The number of phenols is 1. The highest BCUT2D eigenvalue weighted by Gasteiger charge is 2.25. The van der Waals surface area contributed by atoms with Crippen molar-refractivity contribution in [3.63, 3.8) is 0 Å². The number of anilines is 2. The Hall–Kier alpha value is -3.02. The van der Waals surface area contributed by atoms with Gasteiger partial charge in [-0.05, 0) is 52.0 Å². The van der Waals surface area contributed by atoms with Gasteiger partial charge in [0.25, 0.3) is 0 Å². The van der Waals surface area contributed by atoms with Gasteiger partial charge in [-0.1, -0.05) is 18.2 Å². The highest BCUT2D eigenvalue weighted by molar-refractivity contribution is 6.05. The molecule has 6 nitrogen and oxygen atoms in total. The molecule has 0 radical (unpaired) electrons. The summed E-state index contributed by atoms with van der Waals surface area (Å²) in [5, 5.41) is 10.9. The number of hydrogen-bond acceptors (Lipinski definition) is 6. The molecule has 0 aliphatic heterocycles. The molecule has 0 amide bonds. The Kier molecular flexibility index (Phi) is 7.44. The van der Waals surface area contributed by atoms with Crippen LogP contribution in [0.5, 0.6) is 5.75 Å². The maximum atomic E-state index is 12.6. The van der Waals surface area contributed by atoms with Crippen molar-refractivity contribution in [3.05, 3.63) is 53.6 Å². The van der Waals surface area contributed by atoms with Crippen molar-refractivity contribution in [1.82, 2.24) is 0 Å². The van der Waals surface area contributed by atoms with E-state index in [0.717, 1.165) is 18.8 Å². The van der Waals surface area contributed by atoms with E-state index in [9.17, 15) is 14.7 Å². The Morgan fingerprint density at radius 2 is 1.39 bits per heavy atom. The van der Waals surface area contributed by atoms with Gasteiger partial charge in [0.1, 0.15) is 11.3 Å². The van der Waals surface area contributed by atoms with E-state index in [-0.39, 0.29) is 16.9 Å². The summed E-state index contributed by atoms with van der Waals surface area (Å²) in [5.74, 6) is -1.79. The molecule has 1 N–H and O–H groups in total. The molecule has 28 heavy (non-hydrogen) atoms. The molecule has 2 rings (SSSR count). The number of esters is 2. The van der Waals surface area contributed by atoms with Crippen LogP contribution in [0.1, 0.15) is 48.4 Å². The third-order valence-corrected chi connectivity index (χ3v) is 4.73. The molecule has 0 spiro atoms. The highest BCUT2D eigenvalue weighted by Crippen LogP contribution is 2.40. The van der Waals surface area contributed by atoms with Gasteiger partial charge in [-0.25, -0.2) is 9.59 Å². The Bertz CT molecular complexity index is 813.